The first kappa shape index (κ1) is 26.7. The monoisotopic (exact) mass is 540 g/mol. The fraction of sp³-hybridized carbons (Fsp3) is 0.250. The van der Waals surface area contributed by atoms with E-state index < -0.39 is 41.0 Å². The third-order valence-corrected chi connectivity index (χ3v) is 7.06. The van der Waals surface area contributed by atoms with Crippen LogP contribution in [0.15, 0.2) is 72.8 Å². The van der Waals surface area contributed by atoms with Crippen LogP contribution in [0.5, 0.6) is 5.75 Å². The molecule has 0 bridgehead atoms. The van der Waals surface area contributed by atoms with Gasteiger partial charge in [-0.1, -0.05) is 35.3 Å². The smallest absolute Gasteiger partial charge is 0.235 e. The minimum Gasteiger partial charge on any atom is -0.497 e. The molecular weight excluding hydrogens is 515 g/mol. The van der Waals surface area contributed by atoms with E-state index in [2.05, 4.69) is 10.6 Å². The van der Waals surface area contributed by atoms with Crippen LogP contribution in [0, 0.1) is 11.8 Å². The molecule has 0 spiro atoms. The van der Waals surface area contributed by atoms with Crippen LogP contribution < -0.4 is 15.4 Å². The Bertz CT molecular complexity index is 1290. The normalized spacial score (nSPS) is 23.3. The third kappa shape index (κ3) is 5.96. The van der Waals surface area contributed by atoms with Crippen molar-refractivity contribution in [3.8, 4) is 5.75 Å². The summed E-state index contributed by atoms with van der Waals surface area (Å²) in [5.74, 6) is -4.31. The maximum absolute atomic E-state index is 13.7. The Morgan fingerprint density at radius 1 is 0.865 bits per heavy atom. The van der Waals surface area contributed by atoms with Crippen molar-refractivity contribution in [1.82, 2.24) is 0 Å². The zero-order valence-corrected chi connectivity index (χ0v) is 21.7. The molecule has 4 atom stereocenters. The predicted octanol–water partition coefficient (Wildman–Crippen LogP) is 5.32. The van der Waals surface area contributed by atoms with Crippen LogP contribution in [0.3, 0.4) is 0 Å². The third-order valence-electron chi connectivity index (χ3n) is 6.56. The number of hydrogen-bond acceptors (Lipinski definition) is 5. The molecule has 0 heterocycles. The number of Topliss-reactive ketones (excluding diaryl/α,β-unsaturated/α-hetero) is 1. The molecule has 3 N–H and O–H groups in total. The number of amides is 2. The van der Waals surface area contributed by atoms with Crippen LogP contribution in [-0.4, -0.2) is 35.4 Å². The molecule has 9 heteroatoms. The highest BCUT2D eigenvalue weighted by atomic mass is 35.5. The number of carbonyl (C=O) groups is 3. The van der Waals surface area contributed by atoms with Crippen LogP contribution in [0.4, 0.5) is 11.4 Å². The summed E-state index contributed by atoms with van der Waals surface area (Å²) in [5.41, 5.74) is -0.246. The van der Waals surface area contributed by atoms with E-state index in [0.717, 1.165) is 0 Å². The molecule has 1 fully saturated rings. The highest BCUT2D eigenvalue weighted by molar-refractivity contribution is 6.31. The SMILES string of the molecule is COc1ccc([C@@H]2[C@H](C(=O)Nc3ccc(Cl)cc3)C(=O)C[C@@](C)(O)[C@@H]2C(=O)Nc2ccc(Cl)cc2)cc1. The van der Waals surface area contributed by atoms with E-state index in [9.17, 15) is 19.5 Å². The molecule has 0 aromatic heterocycles. The number of ether oxygens (including phenoxy) is 1. The van der Waals surface area contributed by atoms with Gasteiger partial charge in [0, 0.05) is 33.8 Å². The van der Waals surface area contributed by atoms with Crippen molar-refractivity contribution in [1.29, 1.82) is 0 Å². The topological polar surface area (TPSA) is 105 Å². The van der Waals surface area contributed by atoms with E-state index in [1.165, 1.54) is 14.0 Å². The molecule has 1 aliphatic carbocycles. The lowest BCUT2D eigenvalue weighted by Crippen LogP contribution is -2.56. The molecular formula is C28H26Cl2N2O5. The van der Waals surface area contributed by atoms with Crippen LogP contribution >= 0.6 is 23.2 Å². The summed E-state index contributed by atoms with van der Waals surface area (Å²) in [6.07, 6.45) is -0.364. The van der Waals surface area contributed by atoms with Gasteiger partial charge >= 0.3 is 0 Å². The summed E-state index contributed by atoms with van der Waals surface area (Å²) >= 11 is 11.9. The standard InChI is InChI=1S/C28H26Cl2N2O5/c1-28(36)15-22(33)24(26(34)31-19-9-5-17(29)6-10-19)23(16-3-13-21(37-2)14-4-16)25(28)27(35)32-20-11-7-18(30)8-12-20/h3-14,23-25,36H,15H2,1-2H3,(H,31,34)(H,32,35)/t23-,24-,25+,28-/m1/s1. The number of carbonyl (C=O) groups excluding carboxylic acids is 3. The lowest BCUT2D eigenvalue weighted by Gasteiger charge is -2.44. The van der Waals surface area contributed by atoms with Crippen molar-refractivity contribution >= 4 is 52.2 Å². The number of anilines is 2. The summed E-state index contributed by atoms with van der Waals surface area (Å²) in [6.45, 7) is 1.45. The number of rotatable bonds is 6. The highest BCUT2D eigenvalue weighted by Crippen LogP contribution is 2.47. The highest BCUT2D eigenvalue weighted by Gasteiger charge is 2.55. The molecule has 0 unspecified atom stereocenters. The Morgan fingerprint density at radius 3 is 1.84 bits per heavy atom. The van der Waals surface area contributed by atoms with Crippen molar-refractivity contribution in [2.45, 2.75) is 24.9 Å². The average Bonchev–Trinajstić information content (AvgIpc) is 2.85. The molecule has 3 aromatic rings. The van der Waals surface area contributed by atoms with E-state index in [-0.39, 0.29) is 6.42 Å². The first-order chi connectivity index (χ1) is 17.6. The molecule has 1 aliphatic rings. The van der Waals surface area contributed by atoms with Gasteiger partial charge in [0.25, 0.3) is 0 Å². The number of ketones is 1. The van der Waals surface area contributed by atoms with E-state index in [1.807, 2.05) is 0 Å². The molecule has 3 aromatic carbocycles. The lowest BCUT2D eigenvalue weighted by atomic mass is 9.61. The van der Waals surface area contributed by atoms with Gasteiger partial charge in [-0.05, 0) is 73.2 Å². The molecule has 0 saturated heterocycles. The number of hydrogen-bond donors (Lipinski definition) is 3. The summed E-state index contributed by atoms with van der Waals surface area (Å²) in [7, 11) is 1.52. The molecule has 0 aliphatic heterocycles. The molecule has 7 nitrogen and oxygen atoms in total. The average molecular weight is 541 g/mol. The van der Waals surface area contributed by atoms with Gasteiger partial charge in [-0.25, -0.2) is 0 Å². The van der Waals surface area contributed by atoms with Gasteiger partial charge < -0.3 is 20.5 Å². The fourth-order valence-electron chi connectivity index (χ4n) is 4.82. The molecule has 2 amide bonds. The van der Waals surface area contributed by atoms with Crippen LogP contribution in [-0.2, 0) is 14.4 Å². The first-order valence-electron chi connectivity index (χ1n) is 11.6. The van der Waals surface area contributed by atoms with Crippen LogP contribution in [0.2, 0.25) is 10.0 Å². The number of aliphatic hydroxyl groups is 1. The quantitative estimate of drug-likeness (QED) is 0.367. The lowest BCUT2D eigenvalue weighted by molar-refractivity contribution is -0.150. The minimum atomic E-state index is -1.71. The van der Waals surface area contributed by atoms with Gasteiger partial charge in [0.2, 0.25) is 11.8 Å². The summed E-state index contributed by atoms with van der Waals surface area (Å²) in [4.78, 5) is 40.5. The summed E-state index contributed by atoms with van der Waals surface area (Å²) < 4.78 is 5.25. The Balaban J connectivity index is 1.75. The first-order valence-corrected chi connectivity index (χ1v) is 12.4. The van der Waals surface area contributed by atoms with E-state index in [1.54, 1.807) is 72.8 Å². The Labute approximate surface area is 224 Å². The molecule has 4 rings (SSSR count). The van der Waals surface area contributed by atoms with Crippen molar-refractivity contribution < 1.29 is 24.2 Å². The van der Waals surface area contributed by atoms with Gasteiger partial charge in [-0.2, -0.15) is 0 Å². The Hall–Kier alpha value is -3.39. The van der Waals surface area contributed by atoms with Crippen LogP contribution in [0.25, 0.3) is 0 Å². The Kier molecular flexibility index (Phi) is 7.87. The summed E-state index contributed by atoms with van der Waals surface area (Å²) in [5, 5.41) is 17.9. The van der Waals surface area contributed by atoms with Gasteiger partial charge in [0.15, 0.2) is 0 Å². The second-order valence-corrected chi connectivity index (χ2v) is 10.1. The fourth-order valence-corrected chi connectivity index (χ4v) is 5.08. The van der Waals surface area contributed by atoms with Gasteiger partial charge in [-0.3, -0.25) is 14.4 Å². The number of benzene rings is 3. The number of methoxy groups -OCH3 is 1. The van der Waals surface area contributed by atoms with Gasteiger partial charge in [-0.15, -0.1) is 0 Å². The van der Waals surface area contributed by atoms with Gasteiger partial charge in [0.05, 0.1) is 18.6 Å². The zero-order chi connectivity index (χ0) is 26.7. The summed E-state index contributed by atoms with van der Waals surface area (Å²) in [6, 6.07) is 19.8. The number of halogens is 2. The molecule has 37 heavy (non-hydrogen) atoms. The Morgan fingerprint density at radius 2 is 1.35 bits per heavy atom. The second kappa shape index (κ2) is 10.9. The maximum Gasteiger partial charge on any atom is 0.235 e. The van der Waals surface area contributed by atoms with Crippen molar-refractivity contribution in [2.24, 2.45) is 11.8 Å². The molecule has 0 radical (unpaired) electrons. The van der Waals surface area contributed by atoms with E-state index in [4.69, 9.17) is 27.9 Å². The number of nitrogens with one attached hydrogen (secondary N) is 2. The van der Waals surface area contributed by atoms with Crippen molar-refractivity contribution in [3.63, 3.8) is 0 Å². The van der Waals surface area contributed by atoms with E-state index >= 15 is 0 Å². The predicted molar refractivity (Wildman–Crippen MR) is 143 cm³/mol. The minimum absolute atomic E-state index is 0.364. The zero-order valence-electron chi connectivity index (χ0n) is 20.2. The van der Waals surface area contributed by atoms with Crippen molar-refractivity contribution in [3.05, 3.63) is 88.4 Å². The van der Waals surface area contributed by atoms with E-state index in [0.29, 0.717) is 32.7 Å². The van der Waals surface area contributed by atoms with Crippen LogP contribution in [0.1, 0.15) is 24.8 Å². The molecule has 1 saturated carbocycles. The van der Waals surface area contributed by atoms with Crippen molar-refractivity contribution in [2.75, 3.05) is 17.7 Å². The second-order valence-electron chi connectivity index (χ2n) is 9.25. The largest absolute Gasteiger partial charge is 0.497 e. The maximum atomic E-state index is 13.7. The van der Waals surface area contributed by atoms with Gasteiger partial charge in [0.1, 0.15) is 17.5 Å². The molecule has 192 valence electrons.